The molecule has 1 aromatic heterocycles. The number of benzene rings is 4. The first-order valence-electron chi connectivity index (χ1n) is 14.1. The molecule has 2 fully saturated rings. The average Bonchev–Trinajstić information content (AvgIpc) is 2.97. The number of aromatic nitrogens is 2. The van der Waals surface area contributed by atoms with Crippen LogP contribution in [0.25, 0.3) is 43.6 Å². The fourth-order valence-electron chi connectivity index (χ4n) is 6.91. The highest BCUT2D eigenvalue weighted by molar-refractivity contribution is 6.23. The van der Waals surface area contributed by atoms with Crippen molar-refractivity contribution in [2.45, 2.75) is 76.3 Å². The van der Waals surface area contributed by atoms with Gasteiger partial charge in [-0.2, -0.15) is 0 Å². The van der Waals surface area contributed by atoms with E-state index in [1.54, 1.807) is 0 Å². The second-order valence-electron chi connectivity index (χ2n) is 11.0. The third-order valence-electron chi connectivity index (χ3n) is 8.74. The molecule has 4 aromatic carbocycles. The van der Waals surface area contributed by atoms with E-state index in [-0.39, 0.29) is 5.91 Å². The largest absolute Gasteiger partial charge is 0.333 e. The molecule has 0 aliphatic heterocycles. The van der Waals surface area contributed by atoms with Gasteiger partial charge in [-0.05, 0) is 54.7 Å². The standard InChI is InChI=1S/C33H33N3O/c37-33(36(23-11-3-1-4-12-23)24-13-5-2-6-14-24)22-19-20-29-30(21-22)35-32-28-18-10-8-16-26(28)25-15-7-9-17-27(25)31(32)34-29/h7-10,15-21,23-24H,1-6,11-14H2. The molecular formula is C33H33N3O. The predicted molar refractivity (Wildman–Crippen MR) is 152 cm³/mol. The number of rotatable bonds is 3. The first-order valence-corrected chi connectivity index (χ1v) is 14.1. The Morgan fingerprint density at radius 3 is 1.62 bits per heavy atom. The number of fused-ring (bicyclic) bond motifs is 7. The third-order valence-corrected chi connectivity index (χ3v) is 8.74. The molecular weight excluding hydrogens is 454 g/mol. The van der Waals surface area contributed by atoms with Gasteiger partial charge >= 0.3 is 0 Å². The maximum absolute atomic E-state index is 14.1. The third kappa shape index (κ3) is 3.94. The Morgan fingerprint density at radius 2 is 1.08 bits per heavy atom. The molecule has 0 radical (unpaired) electrons. The molecule has 37 heavy (non-hydrogen) atoms. The maximum atomic E-state index is 14.1. The van der Waals surface area contributed by atoms with Gasteiger partial charge in [-0.15, -0.1) is 0 Å². The van der Waals surface area contributed by atoms with Gasteiger partial charge in [-0.3, -0.25) is 4.79 Å². The van der Waals surface area contributed by atoms with Gasteiger partial charge in [0, 0.05) is 28.4 Å². The Bertz CT molecular complexity index is 1610. The smallest absolute Gasteiger partial charge is 0.254 e. The molecule has 0 saturated heterocycles. The number of nitrogens with zero attached hydrogens (tertiary/aromatic N) is 3. The van der Waals surface area contributed by atoms with E-state index in [1.807, 2.05) is 18.2 Å². The summed E-state index contributed by atoms with van der Waals surface area (Å²) < 4.78 is 0. The summed E-state index contributed by atoms with van der Waals surface area (Å²) in [7, 11) is 0. The second kappa shape index (κ2) is 9.41. The van der Waals surface area contributed by atoms with Crippen LogP contribution in [-0.4, -0.2) is 32.9 Å². The molecule has 0 spiro atoms. The summed E-state index contributed by atoms with van der Waals surface area (Å²) in [4.78, 5) is 26.6. The van der Waals surface area contributed by atoms with Crippen molar-refractivity contribution in [3.63, 3.8) is 0 Å². The molecule has 0 bridgehead atoms. The van der Waals surface area contributed by atoms with Crippen LogP contribution in [-0.2, 0) is 0 Å². The zero-order chi connectivity index (χ0) is 24.8. The number of amides is 1. The lowest BCUT2D eigenvalue weighted by Gasteiger charge is -2.42. The van der Waals surface area contributed by atoms with E-state index < -0.39 is 0 Å². The maximum Gasteiger partial charge on any atom is 0.254 e. The Kier molecular flexibility index (Phi) is 5.76. The molecule has 0 unspecified atom stereocenters. The number of carbonyl (C=O) groups excluding carboxylic acids is 1. The molecule has 2 aliphatic rings. The topological polar surface area (TPSA) is 46.1 Å². The molecule has 5 aromatic rings. The van der Waals surface area contributed by atoms with Crippen molar-refractivity contribution in [3.05, 3.63) is 72.3 Å². The van der Waals surface area contributed by atoms with E-state index in [9.17, 15) is 4.79 Å². The van der Waals surface area contributed by atoms with Crippen LogP contribution in [0.15, 0.2) is 66.7 Å². The van der Waals surface area contributed by atoms with Crippen molar-refractivity contribution >= 4 is 49.5 Å². The van der Waals surface area contributed by atoms with E-state index in [2.05, 4.69) is 53.4 Å². The lowest BCUT2D eigenvalue weighted by molar-refractivity contribution is 0.0448. The Balaban J connectivity index is 1.37. The average molecular weight is 488 g/mol. The molecule has 1 heterocycles. The molecule has 7 rings (SSSR count). The molecule has 0 N–H and O–H groups in total. The summed E-state index contributed by atoms with van der Waals surface area (Å²) in [5, 5.41) is 4.61. The van der Waals surface area contributed by atoms with Gasteiger partial charge in [0.05, 0.1) is 22.1 Å². The van der Waals surface area contributed by atoms with Crippen LogP contribution in [0, 0.1) is 0 Å². The van der Waals surface area contributed by atoms with Crippen LogP contribution >= 0.6 is 0 Å². The lowest BCUT2D eigenvalue weighted by atomic mass is 9.88. The van der Waals surface area contributed by atoms with E-state index in [0.717, 1.165) is 64.1 Å². The molecule has 2 aliphatic carbocycles. The fraction of sp³-hybridized carbons (Fsp3) is 0.364. The highest BCUT2D eigenvalue weighted by atomic mass is 16.2. The van der Waals surface area contributed by atoms with Crippen molar-refractivity contribution < 1.29 is 4.79 Å². The number of carbonyl (C=O) groups is 1. The molecule has 0 atom stereocenters. The summed E-state index contributed by atoms with van der Waals surface area (Å²) in [5.41, 5.74) is 4.22. The Hall–Kier alpha value is -3.53. The van der Waals surface area contributed by atoms with Crippen LogP contribution in [0.3, 0.4) is 0 Å². The second-order valence-corrected chi connectivity index (χ2v) is 11.0. The normalized spacial score (nSPS) is 17.6. The van der Waals surface area contributed by atoms with Gasteiger partial charge in [0.2, 0.25) is 0 Å². The molecule has 1 amide bonds. The SMILES string of the molecule is O=C(c1ccc2nc3c4ccccc4c4ccccc4c3nc2c1)N(C1CCCCC1)C1CCCCC1. The van der Waals surface area contributed by atoms with Crippen LogP contribution in [0.2, 0.25) is 0 Å². The quantitative estimate of drug-likeness (QED) is 0.190. The Morgan fingerprint density at radius 1 is 0.595 bits per heavy atom. The fourth-order valence-corrected chi connectivity index (χ4v) is 6.91. The van der Waals surface area contributed by atoms with Crippen LogP contribution in [0.4, 0.5) is 0 Å². The van der Waals surface area contributed by atoms with Crippen molar-refractivity contribution in [1.82, 2.24) is 14.9 Å². The summed E-state index contributed by atoms with van der Waals surface area (Å²) in [6, 6.07) is 23.6. The first-order chi connectivity index (χ1) is 18.3. The predicted octanol–water partition coefficient (Wildman–Crippen LogP) is 8.20. The van der Waals surface area contributed by atoms with Gasteiger partial charge in [0.1, 0.15) is 0 Å². The summed E-state index contributed by atoms with van der Waals surface area (Å²) in [6.45, 7) is 0. The molecule has 186 valence electrons. The van der Waals surface area contributed by atoms with Gasteiger partial charge < -0.3 is 4.90 Å². The lowest BCUT2D eigenvalue weighted by Crippen LogP contribution is -2.48. The van der Waals surface area contributed by atoms with E-state index in [4.69, 9.17) is 9.97 Å². The van der Waals surface area contributed by atoms with Gasteiger partial charge in [-0.1, -0.05) is 87.1 Å². The minimum absolute atomic E-state index is 0.186. The van der Waals surface area contributed by atoms with E-state index >= 15 is 0 Å². The van der Waals surface area contributed by atoms with E-state index in [1.165, 1.54) is 49.3 Å². The van der Waals surface area contributed by atoms with Crippen molar-refractivity contribution in [3.8, 4) is 0 Å². The summed E-state index contributed by atoms with van der Waals surface area (Å²) in [6.07, 6.45) is 12.1. The van der Waals surface area contributed by atoms with Crippen molar-refractivity contribution in [2.75, 3.05) is 0 Å². The number of hydrogen-bond donors (Lipinski definition) is 0. The van der Waals surface area contributed by atoms with Crippen LogP contribution in [0.5, 0.6) is 0 Å². The zero-order valence-electron chi connectivity index (χ0n) is 21.3. The summed E-state index contributed by atoms with van der Waals surface area (Å²) in [5.74, 6) is 0.186. The van der Waals surface area contributed by atoms with Crippen LogP contribution in [0.1, 0.15) is 74.6 Å². The summed E-state index contributed by atoms with van der Waals surface area (Å²) >= 11 is 0. The molecule has 2 saturated carbocycles. The molecule has 4 heteroatoms. The van der Waals surface area contributed by atoms with E-state index in [0.29, 0.717) is 12.1 Å². The van der Waals surface area contributed by atoms with Crippen LogP contribution < -0.4 is 0 Å². The highest BCUT2D eigenvalue weighted by Gasteiger charge is 2.33. The van der Waals surface area contributed by atoms with Gasteiger partial charge in [-0.25, -0.2) is 9.97 Å². The molecule has 4 nitrogen and oxygen atoms in total. The Labute approximate surface area is 217 Å². The monoisotopic (exact) mass is 487 g/mol. The zero-order valence-corrected chi connectivity index (χ0v) is 21.3. The minimum atomic E-state index is 0.186. The number of hydrogen-bond acceptors (Lipinski definition) is 3. The van der Waals surface area contributed by atoms with Crippen molar-refractivity contribution in [2.24, 2.45) is 0 Å². The van der Waals surface area contributed by atoms with Gasteiger partial charge in [0.25, 0.3) is 5.91 Å². The van der Waals surface area contributed by atoms with Crippen molar-refractivity contribution in [1.29, 1.82) is 0 Å². The minimum Gasteiger partial charge on any atom is -0.333 e. The highest BCUT2D eigenvalue weighted by Crippen LogP contribution is 2.35. The van der Waals surface area contributed by atoms with Gasteiger partial charge in [0.15, 0.2) is 0 Å². The first kappa shape index (κ1) is 22.7.